The molecule has 0 aromatic rings. The van der Waals surface area contributed by atoms with E-state index in [2.05, 4.69) is 20.3 Å². The predicted molar refractivity (Wildman–Crippen MR) is 24.9 cm³/mol. The van der Waals surface area contributed by atoms with Gasteiger partial charge in [-0.25, -0.2) is 0 Å². The van der Waals surface area contributed by atoms with Crippen LogP contribution in [0.15, 0.2) is 0 Å². The van der Waals surface area contributed by atoms with Crippen molar-refractivity contribution in [2.24, 2.45) is 0 Å². The molecule has 0 heterocycles. The van der Waals surface area contributed by atoms with Crippen LogP contribution in [0.5, 0.6) is 0 Å². The van der Waals surface area contributed by atoms with Crippen LogP contribution in [0.3, 0.4) is 0 Å². The summed E-state index contributed by atoms with van der Waals surface area (Å²) in [7, 11) is 0. The maximum Gasteiger partial charge on any atom is 1.00 e. The Hall–Kier alpha value is 1.64. The zero-order chi connectivity index (χ0) is 4.12. The molecule has 0 aromatic carbocycles. The quantitative estimate of drug-likeness (QED) is 0.316. The van der Waals surface area contributed by atoms with Crippen molar-refractivity contribution >= 4 is 0 Å². The van der Waals surface area contributed by atoms with Gasteiger partial charge in [-0.3, -0.25) is 0 Å². The third-order valence-electron chi connectivity index (χ3n) is 0.577. The minimum Gasteiger partial charge on any atom is -0.332 e. The van der Waals surface area contributed by atoms with E-state index in [1.165, 1.54) is 12.8 Å². The van der Waals surface area contributed by atoms with E-state index in [-0.39, 0.29) is 51.4 Å². The fourth-order valence-electron chi connectivity index (χ4n) is 0.289. The van der Waals surface area contributed by atoms with E-state index in [0.717, 1.165) is 0 Å². The third-order valence-corrected chi connectivity index (χ3v) is 0.577. The van der Waals surface area contributed by atoms with Gasteiger partial charge in [-0.05, 0) is 0 Å². The van der Waals surface area contributed by atoms with Gasteiger partial charge in [0.2, 0.25) is 0 Å². The monoisotopic (exact) mass is 110 g/mol. The van der Waals surface area contributed by atoms with E-state index in [4.69, 9.17) is 0 Å². The Morgan fingerprint density at radius 2 is 2.00 bits per heavy atom. The Kier molecular flexibility index (Phi) is 17.3. The first-order chi connectivity index (χ1) is 2.41. The van der Waals surface area contributed by atoms with Crippen molar-refractivity contribution in [2.45, 2.75) is 26.7 Å². The molecule has 6 heavy (non-hydrogen) atoms. The molecule has 0 atom stereocenters. The first-order valence-corrected chi connectivity index (χ1v) is 2.19. The normalized spacial score (nSPS) is 7.00. The topological polar surface area (TPSA) is 0 Å². The first-order valence-electron chi connectivity index (χ1n) is 2.19. The summed E-state index contributed by atoms with van der Waals surface area (Å²) in [5.41, 5.74) is 0. The molecule has 0 unspecified atom stereocenters. The van der Waals surface area contributed by atoms with Crippen LogP contribution in [0.25, 0.3) is 0 Å². The molecule has 32 valence electrons. The minimum atomic E-state index is 0. The van der Waals surface area contributed by atoms with E-state index in [1.54, 1.807) is 0 Å². The Morgan fingerprint density at radius 1 is 1.50 bits per heavy atom. The second-order valence-corrected chi connectivity index (χ2v) is 1.20. The largest absolute Gasteiger partial charge is 1.00 e. The van der Waals surface area contributed by atoms with Crippen LogP contribution in [-0.4, -0.2) is 0 Å². The molecule has 0 nitrogen and oxygen atoms in total. The Morgan fingerprint density at radius 3 is 2.00 bits per heavy atom. The van der Waals surface area contributed by atoms with Crippen molar-refractivity contribution in [3.05, 3.63) is 6.42 Å². The van der Waals surface area contributed by atoms with Gasteiger partial charge in [0.1, 0.15) is 0 Å². The summed E-state index contributed by atoms with van der Waals surface area (Å²) in [5.74, 6) is 0. The SMILES string of the molecule is C[CH-]CCC.[K+]. The maximum atomic E-state index is 2.18. The zero-order valence-electron chi connectivity index (χ0n) is 4.99. The molecule has 0 bridgehead atoms. The molecular weight excluding hydrogens is 99.2 g/mol. The summed E-state index contributed by atoms with van der Waals surface area (Å²) in [6, 6.07) is 0. The molecule has 0 aliphatic rings. The maximum absolute atomic E-state index is 2.18. The van der Waals surface area contributed by atoms with Gasteiger partial charge >= 0.3 is 51.4 Å². The average Bonchev–Trinajstić information content (AvgIpc) is 1.41. The van der Waals surface area contributed by atoms with Gasteiger partial charge < -0.3 is 6.42 Å². The molecule has 0 N–H and O–H groups in total. The number of hydrogen-bond acceptors (Lipinski definition) is 0. The second kappa shape index (κ2) is 9.81. The Balaban J connectivity index is 0. The molecule has 1 heteroatoms. The summed E-state index contributed by atoms with van der Waals surface area (Å²) < 4.78 is 0. The van der Waals surface area contributed by atoms with Crippen molar-refractivity contribution in [1.29, 1.82) is 0 Å². The van der Waals surface area contributed by atoms with Crippen LogP contribution in [0.1, 0.15) is 26.7 Å². The molecular formula is C5H11K. The summed E-state index contributed by atoms with van der Waals surface area (Å²) in [4.78, 5) is 0. The van der Waals surface area contributed by atoms with Gasteiger partial charge in [0.15, 0.2) is 0 Å². The predicted octanol–water partition coefficient (Wildman–Crippen LogP) is -0.985. The Labute approximate surface area is 83.1 Å². The summed E-state index contributed by atoms with van der Waals surface area (Å²) >= 11 is 0. The molecule has 0 fully saturated rings. The molecule has 0 saturated heterocycles. The van der Waals surface area contributed by atoms with Gasteiger partial charge in [0, 0.05) is 0 Å². The van der Waals surface area contributed by atoms with Crippen LogP contribution in [0.4, 0.5) is 0 Å². The summed E-state index contributed by atoms with van der Waals surface area (Å²) in [6.45, 7) is 4.27. The molecule has 0 amide bonds. The van der Waals surface area contributed by atoms with Gasteiger partial charge in [0.25, 0.3) is 0 Å². The molecule has 0 aliphatic heterocycles. The van der Waals surface area contributed by atoms with E-state index in [9.17, 15) is 0 Å². The smallest absolute Gasteiger partial charge is 0.332 e. The van der Waals surface area contributed by atoms with Crippen LogP contribution >= 0.6 is 0 Å². The average molecular weight is 110 g/mol. The van der Waals surface area contributed by atoms with Crippen molar-refractivity contribution in [2.75, 3.05) is 0 Å². The standard InChI is InChI=1S/C5H11.K/c1-3-5-4-2;/h3H,4-5H2,1-2H3;/q-1;+1. The molecule has 0 aliphatic carbocycles. The molecule has 0 spiro atoms. The molecule has 0 radical (unpaired) electrons. The van der Waals surface area contributed by atoms with Crippen LogP contribution < -0.4 is 51.4 Å². The minimum absolute atomic E-state index is 0. The fraction of sp³-hybridized carbons (Fsp3) is 0.800. The van der Waals surface area contributed by atoms with Crippen LogP contribution in [0.2, 0.25) is 0 Å². The number of unbranched alkanes of at least 4 members (excludes halogenated alkanes) is 2. The van der Waals surface area contributed by atoms with Crippen molar-refractivity contribution in [3.8, 4) is 0 Å². The van der Waals surface area contributed by atoms with Gasteiger partial charge in [-0.1, -0.05) is 13.3 Å². The zero-order valence-corrected chi connectivity index (χ0v) is 8.11. The molecule has 0 aromatic heterocycles. The van der Waals surface area contributed by atoms with E-state index >= 15 is 0 Å². The van der Waals surface area contributed by atoms with Crippen LogP contribution in [-0.2, 0) is 0 Å². The first kappa shape index (κ1) is 10.6. The Bertz CT molecular complexity index is 11.4. The van der Waals surface area contributed by atoms with E-state index in [0.29, 0.717) is 0 Å². The fourth-order valence-corrected chi connectivity index (χ4v) is 0.289. The second-order valence-electron chi connectivity index (χ2n) is 1.20. The summed E-state index contributed by atoms with van der Waals surface area (Å²) in [5, 5.41) is 0. The van der Waals surface area contributed by atoms with Gasteiger partial charge in [-0.15, -0.1) is 0 Å². The van der Waals surface area contributed by atoms with E-state index < -0.39 is 0 Å². The van der Waals surface area contributed by atoms with Gasteiger partial charge in [0.05, 0.1) is 0 Å². The van der Waals surface area contributed by atoms with Crippen molar-refractivity contribution < 1.29 is 51.4 Å². The number of hydrogen-bond donors (Lipinski definition) is 0. The summed E-state index contributed by atoms with van der Waals surface area (Å²) in [6.07, 6.45) is 4.73. The van der Waals surface area contributed by atoms with Crippen molar-refractivity contribution in [3.63, 3.8) is 0 Å². The molecule has 0 rings (SSSR count). The number of rotatable bonds is 2. The van der Waals surface area contributed by atoms with Crippen LogP contribution in [0, 0.1) is 6.42 Å². The van der Waals surface area contributed by atoms with Gasteiger partial charge in [-0.2, -0.15) is 13.3 Å². The third kappa shape index (κ3) is 9.16. The molecule has 0 saturated carbocycles. The van der Waals surface area contributed by atoms with E-state index in [1.807, 2.05) is 0 Å². The van der Waals surface area contributed by atoms with Crippen molar-refractivity contribution in [1.82, 2.24) is 0 Å².